The van der Waals surface area contributed by atoms with E-state index >= 15 is 0 Å². The molecule has 0 amide bonds. The summed E-state index contributed by atoms with van der Waals surface area (Å²) in [6, 6.07) is 1.48. The Hall–Kier alpha value is -1.36. The standard InChI is InChI=1S/C15H27N3O2/c1-3-5-7-13(4-2)12-17-11-8-14(19)18(15(17)20)10-6-9-16/h8,11,13H,3-7,9-10,12,16H2,1-2H3. The molecule has 1 rings (SSSR count). The molecule has 1 heterocycles. The van der Waals surface area contributed by atoms with E-state index < -0.39 is 0 Å². The molecule has 2 N–H and O–H groups in total. The molecule has 1 atom stereocenters. The van der Waals surface area contributed by atoms with Gasteiger partial charge in [0.1, 0.15) is 0 Å². The minimum atomic E-state index is -0.235. The van der Waals surface area contributed by atoms with Gasteiger partial charge in [-0.05, 0) is 25.3 Å². The molecule has 1 aromatic rings. The van der Waals surface area contributed by atoms with Gasteiger partial charge in [0.2, 0.25) is 0 Å². The fraction of sp³-hybridized carbons (Fsp3) is 0.733. The van der Waals surface area contributed by atoms with Gasteiger partial charge in [-0.15, -0.1) is 0 Å². The maximum atomic E-state index is 12.3. The molecule has 0 fully saturated rings. The van der Waals surface area contributed by atoms with Gasteiger partial charge in [0.05, 0.1) is 0 Å². The molecular weight excluding hydrogens is 254 g/mol. The normalized spacial score (nSPS) is 12.6. The molecule has 0 aliphatic carbocycles. The number of hydrogen-bond acceptors (Lipinski definition) is 3. The van der Waals surface area contributed by atoms with Gasteiger partial charge in [-0.25, -0.2) is 4.79 Å². The topological polar surface area (TPSA) is 70.0 Å². The largest absolute Gasteiger partial charge is 0.330 e. The highest BCUT2D eigenvalue weighted by atomic mass is 16.2. The summed E-state index contributed by atoms with van der Waals surface area (Å²) in [4.78, 5) is 24.0. The fourth-order valence-corrected chi connectivity index (χ4v) is 2.35. The van der Waals surface area contributed by atoms with E-state index in [0.29, 0.717) is 32.0 Å². The molecule has 1 aromatic heterocycles. The van der Waals surface area contributed by atoms with E-state index in [1.807, 2.05) is 0 Å². The Morgan fingerprint density at radius 3 is 2.60 bits per heavy atom. The number of nitrogens with two attached hydrogens (primary N) is 1. The van der Waals surface area contributed by atoms with Gasteiger partial charge in [0.25, 0.3) is 5.56 Å². The fourth-order valence-electron chi connectivity index (χ4n) is 2.35. The highest BCUT2D eigenvalue weighted by Crippen LogP contribution is 2.13. The lowest BCUT2D eigenvalue weighted by atomic mass is 9.99. The highest BCUT2D eigenvalue weighted by molar-refractivity contribution is 4.87. The van der Waals surface area contributed by atoms with Crippen LogP contribution in [0.1, 0.15) is 46.0 Å². The summed E-state index contributed by atoms with van der Waals surface area (Å²) in [6.07, 6.45) is 6.79. The summed E-state index contributed by atoms with van der Waals surface area (Å²) in [5, 5.41) is 0. The monoisotopic (exact) mass is 281 g/mol. The van der Waals surface area contributed by atoms with Crippen molar-refractivity contribution >= 4 is 0 Å². The van der Waals surface area contributed by atoms with E-state index in [9.17, 15) is 9.59 Å². The van der Waals surface area contributed by atoms with Gasteiger partial charge >= 0.3 is 5.69 Å². The summed E-state index contributed by atoms with van der Waals surface area (Å²) < 4.78 is 2.96. The first-order chi connectivity index (χ1) is 9.63. The van der Waals surface area contributed by atoms with Crippen LogP contribution in [0.15, 0.2) is 21.9 Å². The van der Waals surface area contributed by atoms with Gasteiger partial charge in [0.15, 0.2) is 0 Å². The Morgan fingerprint density at radius 2 is 2.00 bits per heavy atom. The van der Waals surface area contributed by atoms with Crippen molar-refractivity contribution in [1.82, 2.24) is 9.13 Å². The average molecular weight is 281 g/mol. The van der Waals surface area contributed by atoms with Crippen LogP contribution in [0, 0.1) is 5.92 Å². The molecule has 0 aliphatic rings. The van der Waals surface area contributed by atoms with Crippen LogP contribution < -0.4 is 17.0 Å². The van der Waals surface area contributed by atoms with Crippen molar-refractivity contribution in [2.75, 3.05) is 6.54 Å². The third-order valence-corrected chi connectivity index (χ3v) is 3.72. The van der Waals surface area contributed by atoms with Gasteiger partial charge in [-0.2, -0.15) is 0 Å². The Labute approximate surface area is 120 Å². The molecule has 0 radical (unpaired) electrons. The quantitative estimate of drug-likeness (QED) is 0.747. The van der Waals surface area contributed by atoms with Crippen molar-refractivity contribution in [2.45, 2.75) is 59.0 Å². The number of aromatic nitrogens is 2. The van der Waals surface area contributed by atoms with Crippen LogP contribution in [-0.4, -0.2) is 15.7 Å². The van der Waals surface area contributed by atoms with Gasteiger partial charge in [-0.3, -0.25) is 9.36 Å². The summed E-state index contributed by atoms with van der Waals surface area (Å²) in [5.74, 6) is 0.494. The molecule has 0 bridgehead atoms. The smallest absolute Gasteiger partial charge is 0.330 e. The van der Waals surface area contributed by atoms with Crippen LogP contribution in [-0.2, 0) is 13.1 Å². The molecule has 0 saturated heterocycles. The van der Waals surface area contributed by atoms with E-state index in [4.69, 9.17) is 5.73 Å². The molecular formula is C15H27N3O2. The zero-order valence-corrected chi connectivity index (χ0v) is 12.7. The van der Waals surface area contributed by atoms with Crippen molar-refractivity contribution in [3.63, 3.8) is 0 Å². The molecule has 1 unspecified atom stereocenters. The predicted molar refractivity (Wildman–Crippen MR) is 81.9 cm³/mol. The third-order valence-electron chi connectivity index (χ3n) is 3.72. The van der Waals surface area contributed by atoms with Crippen LogP contribution in [0.5, 0.6) is 0 Å². The molecule has 5 nitrogen and oxygen atoms in total. The molecule has 0 saturated carbocycles. The van der Waals surface area contributed by atoms with Crippen molar-refractivity contribution in [3.05, 3.63) is 33.1 Å². The summed E-state index contributed by atoms with van der Waals surface area (Å²) in [7, 11) is 0. The lowest BCUT2D eigenvalue weighted by Gasteiger charge is -2.17. The second-order valence-electron chi connectivity index (χ2n) is 5.30. The van der Waals surface area contributed by atoms with Crippen molar-refractivity contribution in [3.8, 4) is 0 Å². The van der Waals surface area contributed by atoms with Crippen LogP contribution in [0.2, 0.25) is 0 Å². The Balaban J connectivity index is 2.90. The lowest BCUT2D eigenvalue weighted by Crippen LogP contribution is -2.40. The minimum absolute atomic E-state index is 0.208. The van der Waals surface area contributed by atoms with Crippen LogP contribution in [0.4, 0.5) is 0 Å². The minimum Gasteiger partial charge on any atom is -0.330 e. The maximum absolute atomic E-state index is 12.3. The summed E-state index contributed by atoms with van der Waals surface area (Å²) in [5.41, 5.74) is 5.01. The zero-order chi connectivity index (χ0) is 15.0. The molecule has 0 aromatic carbocycles. The zero-order valence-electron chi connectivity index (χ0n) is 12.7. The van der Waals surface area contributed by atoms with Gasteiger partial charge < -0.3 is 10.3 Å². The second kappa shape index (κ2) is 8.74. The van der Waals surface area contributed by atoms with E-state index in [-0.39, 0.29) is 11.2 Å². The highest BCUT2D eigenvalue weighted by Gasteiger charge is 2.10. The second-order valence-corrected chi connectivity index (χ2v) is 5.30. The third kappa shape index (κ3) is 4.63. The number of hydrogen-bond donors (Lipinski definition) is 1. The Kier molecular flexibility index (Phi) is 7.30. The summed E-state index contributed by atoms with van der Waals surface area (Å²) >= 11 is 0. The van der Waals surface area contributed by atoms with Crippen LogP contribution in [0.3, 0.4) is 0 Å². The van der Waals surface area contributed by atoms with Crippen LogP contribution in [0.25, 0.3) is 0 Å². The van der Waals surface area contributed by atoms with Crippen molar-refractivity contribution in [1.29, 1.82) is 0 Å². The summed E-state index contributed by atoms with van der Waals surface area (Å²) in [6.45, 7) is 5.90. The first kappa shape index (κ1) is 16.7. The van der Waals surface area contributed by atoms with Gasteiger partial charge in [-0.1, -0.05) is 33.1 Å². The maximum Gasteiger partial charge on any atom is 0.330 e. The number of unbranched alkanes of at least 4 members (excludes halogenated alkanes) is 1. The Bertz CT molecular complexity index is 505. The first-order valence-corrected chi connectivity index (χ1v) is 7.64. The average Bonchev–Trinajstić information content (AvgIpc) is 2.45. The molecule has 0 aliphatic heterocycles. The van der Waals surface area contributed by atoms with E-state index in [1.165, 1.54) is 23.5 Å². The predicted octanol–water partition coefficient (Wildman–Crippen LogP) is 1.58. The van der Waals surface area contributed by atoms with E-state index in [2.05, 4.69) is 13.8 Å². The molecule has 20 heavy (non-hydrogen) atoms. The molecule has 114 valence electrons. The lowest BCUT2D eigenvalue weighted by molar-refractivity contribution is 0.374. The molecule has 0 spiro atoms. The SMILES string of the molecule is CCCCC(CC)Cn1ccc(=O)n(CCCN)c1=O. The Morgan fingerprint density at radius 1 is 1.25 bits per heavy atom. The molecule has 5 heteroatoms. The van der Waals surface area contributed by atoms with E-state index in [0.717, 1.165) is 12.8 Å². The van der Waals surface area contributed by atoms with Crippen molar-refractivity contribution in [2.24, 2.45) is 11.7 Å². The van der Waals surface area contributed by atoms with Gasteiger partial charge in [0, 0.05) is 25.4 Å². The number of rotatable bonds is 9. The van der Waals surface area contributed by atoms with E-state index in [1.54, 1.807) is 10.8 Å². The first-order valence-electron chi connectivity index (χ1n) is 7.64. The van der Waals surface area contributed by atoms with Crippen LogP contribution >= 0.6 is 0 Å². The number of nitrogens with zero attached hydrogens (tertiary/aromatic N) is 2. The van der Waals surface area contributed by atoms with Crippen molar-refractivity contribution < 1.29 is 0 Å².